The molecule has 1 heterocycles. The van der Waals surface area contributed by atoms with E-state index in [9.17, 15) is 4.79 Å². The zero-order valence-corrected chi connectivity index (χ0v) is 24.1. The number of halogens is 3. The molecule has 0 fully saturated rings. The van der Waals surface area contributed by atoms with Gasteiger partial charge in [0.05, 0.1) is 10.0 Å². The average Bonchev–Trinajstić information content (AvgIpc) is 2.97. The van der Waals surface area contributed by atoms with Crippen molar-refractivity contribution in [2.45, 2.75) is 0 Å². The van der Waals surface area contributed by atoms with Crippen LogP contribution in [-0.2, 0) is 0 Å². The molecular weight excluding hydrogens is 583 g/mol. The van der Waals surface area contributed by atoms with Gasteiger partial charge in [0.1, 0.15) is 24.7 Å². The van der Waals surface area contributed by atoms with E-state index >= 15 is 0 Å². The molecule has 0 atom stereocenters. The Balaban J connectivity index is 1.58. The van der Waals surface area contributed by atoms with Crippen molar-refractivity contribution in [1.82, 2.24) is 0 Å². The van der Waals surface area contributed by atoms with Gasteiger partial charge in [0.15, 0.2) is 5.43 Å². The van der Waals surface area contributed by atoms with E-state index in [0.29, 0.717) is 43.1 Å². The van der Waals surface area contributed by atoms with Crippen molar-refractivity contribution in [3.8, 4) is 33.8 Å². The second kappa shape index (κ2) is 13.1. The fourth-order valence-electron chi connectivity index (χ4n) is 3.95. The van der Waals surface area contributed by atoms with Crippen molar-refractivity contribution in [1.29, 1.82) is 0 Å². The molecule has 0 unspecified atom stereocenters. The summed E-state index contributed by atoms with van der Waals surface area (Å²) in [6.07, 6.45) is 1.78. The van der Waals surface area contributed by atoms with Crippen molar-refractivity contribution in [2.24, 2.45) is 0 Å². The van der Waals surface area contributed by atoms with Gasteiger partial charge >= 0.3 is 0 Å². The van der Waals surface area contributed by atoms with Gasteiger partial charge in [-0.25, -0.2) is 0 Å². The molecule has 40 heavy (non-hydrogen) atoms. The maximum atomic E-state index is 13.8. The molecule has 3 nitrogen and oxygen atoms in total. The highest BCUT2D eigenvalue weighted by atomic mass is 35.5. The van der Waals surface area contributed by atoms with Gasteiger partial charge in [0.25, 0.3) is 0 Å². The van der Waals surface area contributed by atoms with Crippen LogP contribution in [0.4, 0.5) is 0 Å². The van der Waals surface area contributed by atoms with E-state index in [1.807, 2.05) is 60.7 Å². The van der Waals surface area contributed by atoms with E-state index in [2.05, 4.69) is 11.8 Å². The lowest BCUT2D eigenvalue weighted by atomic mass is 10.0. The van der Waals surface area contributed by atoms with Crippen LogP contribution in [0, 0.1) is 11.8 Å². The van der Waals surface area contributed by atoms with E-state index in [-0.39, 0.29) is 18.6 Å². The summed E-state index contributed by atoms with van der Waals surface area (Å²) in [6.45, 7) is 0.188. The normalized spacial score (nSPS) is 11.1. The molecule has 0 amide bonds. The van der Waals surface area contributed by atoms with Crippen molar-refractivity contribution in [3.63, 3.8) is 0 Å². The minimum absolute atomic E-state index is 0.0920. The lowest BCUT2D eigenvalue weighted by molar-refractivity contribution is 0.357. The molecule has 5 aromatic rings. The summed E-state index contributed by atoms with van der Waals surface area (Å²) in [6, 6.07) is 29.5. The topological polar surface area (TPSA) is 35.5 Å². The molecule has 7 heteroatoms. The summed E-state index contributed by atoms with van der Waals surface area (Å²) >= 11 is 20.3. The maximum absolute atomic E-state index is 13.8. The third-order valence-electron chi connectivity index (χ3n) is 5.85. The predicted octanol–water partition coefficient (Wildman–Crippen LogP) is 9.43. The van der Waals surface area contributed by atoms with Crippen LogP contribution in [0.2, 0.25) is 15.1 Å². The number of hydrogen-bond acceptors (Lipinski definition) is 4. The van der Waals surface area contributed by atoms with Crippen LogP contribution < -0.4 is 14.9 Å². The Morgan fingerprint density at radius 3 is 2.15 bits per heavy atom. The van der Waals surface area contributed by atoms with Crippen LogP contribution in [-0.4, -0.2) is 13.2 Å². The molecule has 0 radical (unpaired) electrons. The average molecular weight is 604 g/mol. The van der Waals surface area contributed by atoms with Crippen LogP contribution in [0.5, 0.6) is 11.5 Å². The molecular formula is C33H21Cl3O3S. The number of ether oxygens (including phenoxy) is 2. The predicted molar refractivity (Wildman–Crippen MR) is 168 cm³/mol. The summed E-state index contributed by atoms with van der Waals surface area (Å²) < 4.78 is 12.6. The Bertz CT molecular complexity index is 1820. The highest BCUT2D eigenvalue weighted by Crippen LogP contribution is 2.34. The smallest absolute Gasteiger partial charge is 0.195 e. The van der Waals surface area contributed by atoms with Crippen LogP contribution in [0.3, 0.4) is 0 Å². The fraction of sp³-hybridized carbons (Fsp3) is 0.0606. The van der Waals surface area contributed by atoms with Crippen LogP contribution in [0.25, 0.3) is 26.6 Å². The lowest BCUT2D eigenvalue weighted by Gasteiger charge is -2.11. The SMILES string of the molecule is O=c1c(/C=C(\C#CCOc2ccccc2Cl)COc2ccccc2Cl)c(-c2ccccc2)sc2ccc(Cl)cc12. The Labute approximate surface area is 251 Å². The van der Waals surface area contributed by atoms with Gasteiger partial charge in [-0.15, -0.1) is 11.3 Å². The summed E-state index contributed by atoms with van der Waals surface area (Å²) in [5.74, 6) is 7.21. The van der Waals surface area contributed by atoms with Gasteiger partial charge in [0.2, 0.25) is 0 Å². The molecule has 0 spiro atoms. The van der Waals surface area contributed by atoms with E-state index in [1.54, 1.807) is 42.5 Å². The minimum Gasteiger partial charge on any atom is -0.487 e. The van der Waals surface area contributed by atoms with Crippen LogP contribution >= 0.6 is 46.1 Å². The first-order chi connectivity index (χ1) is 19.5. The molecule has 0 saturated carbocycles. The van der Waals surface area contributed by atoms with Crippen molar-refractivity contribution in [2.75, 3.05) is 13.2 Å². The van der Waals surface area contributed by atoms with Gasteiger partial charge in [0, 0.05) is 31.1 Å². The summed E-state index contributed by atoms with van der Waals surface area (Å²) in [7, 11) is 0. The zero-order valence-electron chi connectivity index (χ0n) is 21.0. The summed E-state index contributed by atoms with van der Waals surface area (Å²) in [5.41, 5.74) is 1.86. The number of fused-ring (bicyclic) bond motifs is 1. The van der Waals surface area contributed by atoms with Gasteiger partial charge in [-0.3, -0.25) is 4.79 Å². The van der Waals surface area contributed by atoms with Gasteiger partial charge in [-0.05, 0) is 54.1 Å². The lowest BCUT2D eigenvalue weighted by Crippen LogP contribution is -2.08. The second-order valence-electron chi connectivity index (χ2n) is 8.59. The van der Waals surface area contributed by atoms with Gasteiger partial charge < -0.3 is 9.47 Å². The molecule has 1 aromatic heterocycles. The molecule has 0 saturated heterocycles. The van der Waals surface area contributed by atoms with Gasteiger partial charge in [-0.1, -0.05) is 101 Å². The van der Waals surface area contributed by atoms with Crippen LogP contribution in [0.1, 0.15) is 5.56 Å². The molecule has 0 aliphatic heterocycles. The first-order valence-corrected chi connectivity index (χ1v) is 14.2. The van der Waals surface area contributed by atoms with E-state index in [1.165, 1.54) is 11.3 Å². The van der Waals surface area contributed by atoms with Gasteiger partial charge in [-0.2, -0.15) is 0 Å². The Morgan fingerprint density at radius 2 is 1.45 bits per heavy atom. The summed E-state index contributed by atoms with van der Waals surface area (Å²) in [4.78, 5) is 14.7. The van der Waals surface area contributed by atoms with Crippen molar-refractivity contribution in [3.05, 3.63) is 133 Å². The number of para-hydroxylation sites is 2. The monoisotopic (exact) mass is 602 g/mol. The standard InChI is InChI=1S/C33H21Cl3O3S/c34-24-16-17-31-25(20-24)32(37)26(33(40-31)23-10-2-1-3-11-23)19-22(21-39-30-15-7-5-13-28(30)36)9-8-18-38-29-14-6-4-12-27(29)35/h1-7,10-17,19-20H,18,21H2/b22-19+. The van der Waals surface area contributed by atoms with Crippen molar-refractivity contribution < 1.29 is 9.47 Å². The van der Waals surface area contributed by atoms with Crippen LogP contribution in [0.15, 0.2) is 107 Å². The highest BCUT2D eigenvalue weighted by Gasteiger charge is 2.14. The Hall–Kier alpha value is -3.72. The molecule has 5 rings (SSSR count). The third kappa shape index (κ3) is 6.70. The third-order valence-corrected chi connectivity index (χ3v) is 7.94. The molecule has 0 aliphatic rings. The first kappa shape index (κ1) is 27.8. The maximum Gasteiger partial charge on any atom is 0.195 e. The quantitative estimate of drug-likeness (QED) is 0.174. The van der Waals surface area contributed by atoms with E-state index in [0.717, 1.165) is 15.1 Å². The molecule has 198 valence electrons. The second-order valence-corrected chi connectivity index (χ2v) is 10.9. The Kier molecular flexibility index (Phi) is 9.11. The Morgan fingerprint density at radius 1 is 0.800 bits per heavy atom. The molecule has 4 aromatic carbocycles. The van der Waals surface area contributed by atoms with E-state index in [4.69, 9.17) is 44.3 Å². The first-order valence-electron chi connectivity index (χ1n) is 12.3. The number of hydrogen-bond donors (Lipinski definition) is 0. The molecule has 0 N–H and O–H groups in total. The van der Waals surface area contributed by atoms with Crippen molar-refractivity contribution >= 4 is 62.3 Å². The minimum atomic E-state index is -0.139. The number of rotatable bonds is 7. The molecule has 0 bridgehead atoms. The fourth-order valence-corrected chi connectivity index (χ4v) is 5.63. The largest absolute Gasteiger partial charge is 0.487 e. The number of benzene rings is 4. The zero-order chi connectivity index (χ0) is 27.9. The molecule has 0 aliphatic carbocycles. The summed E-state index contributed by atoms with van der Waals surface area (Å²) in [5, 5.41) is 2.03. The highest BCUT2D eigenvalue weighted by molar-refractivity contribution is 7.21. The van der Waals surface area contributed by atoms with E-state index < -0.39 is 0 Å².